The number of pyridine rings is 1. The molecule has 0 N–H and O–H groups in total. The van der Waals surface area contributed by atoms with E-state index >= 15 is 0 Å². The van der Waals surface area contributed by atoms with Crippen molar-refractivity contribution in [1.29, 1.82) is 0 Å². The topological polar surface area (TPSA) is 61.5 Å². The van der Waals surface area contributed by atoms with E-state index in [1.807, 2.05) is 24.3 Å². The van der Waals surface area contributed by atoms with Gasteiger partial charge in [-0.1, -0.05) is 17.7 Å². The van der Waals surface area contributed by atoms with Crippen molar-refractivity contribution in [3.05, 3.63) is 65.9 Å². The van der Waals surface area contributed by atoms with Gasteiger partial charge in [0.25, 0.3) is 0 Å². The maximum atomic E-state index is 5.99. The molecule has 6 nitrogen and oxygen atoms in total. The summed E-state index contributed by atoms with van der Waals surface area (Å²) in [5, 5.41) is 5.11. The lowest BCUT2D eigenvalue weighted by Crippen LogP contribution is -1.97. The Morgan fingerprint density at radius 3 is 2.60 bits per heavy atom. The number of hydrogen-bond acceptors (Lipinski definition) is 5. The second kappa shape index (κ2) is 6.41. The fourth-order valence-corrected chi connectivity index (χ4v) is 2.59. The first-order valence-electron chi connectivity index (χ1n) is 7.51. The molecule has 0 amide bonds. The quantitative estimate of drug-likeness (QED) is 0.549. The molecule has 0 saturated heterocycles. The van der Waals surface area contributed by atoms with Gasteiger partial charge < -0.3 is 9.47 Å². The maximum absolute atomic E-state index is 5.99. The molecule has 0 aliphatic heterocycles. The van der Waals surface area contributed by atoms with Gasteiger partial charge in [-0.3, -0.25) is 0 Å². The van der Waals surface area contributed by atoms with Crippen molar-refractivity contribution in [3.63, 3.8) is 0 Å². The van der Waals surface area contributed by atoms with Gasteiger partial charge in [0.05, 0.1) is 19.0 Å². The van der Waals surface area contributed by atoms with E-state index in [4.69, 9.17) is 21.1 Å². The molecule has 4 rings (SSSR count). The number of nitrogens with zero attached hydrogens (tertiary/aromatic N) is 4. The van der Waals surface area contributed by atoms with Crippen LogP contribution in [0.1, 0.15) is 0 Å². The van der Waals surface area contributed by atoms with E-state index in [0.717, 1.165) is 11.3 Å². The molecule has 0 aliphatic rings. The van der Waals surface area contributed by atoms with Crippen LogP contribution >= 0.6 is 11.6 Å². The number of hydrogen-bond donors (Lipinski definition) is 0. The number of benzene rings is 1. The Bertz CT molecular complexity index is 1030. The molecule has 0 unspecified atom stereocenters. The molecule has 0 fully saturated rings. The van der Waals surface area contributed by atoms with Crippen LogP contribution < -0.4 is 9.47 Å². The molecular weight excluding hydrogens is 340 g/mol. The molecule has 0 spiro atoms. The molecule has 25 heavy (non-hydrogen) atoms. The van der Waals surface area contributed by atoms with Gasteiger partial charge in [0.15, 0.2) is 5.65 Å². The van der Waals surface area contributed by atoms with Crippen molar-refractivity contribution in [2.45, 2.75) is 0 Å². The minimum absolute atomic E-state index is 0.440. The Balaban J connectivity index is 1.71. The Kier molecular flexibility index (Phi) is 3.95. The Morgan fingerprint density at radius 2 is 1.84 bits per heavy atom. The monoisotopic (exact) mass is 352 g/mol. The van der Waals surface area contributed by atoms with Crippen molar-refractivity contribution in [1.82, 2.24) is 19.6 Å². The molecule has 124 valence electrons. The lowest BCUT2D eigenvalue weighted by Gasteiger charge is -2.07. The first kappa shape index (κ1) is 15.4. The van der Waals surface area contributed by atoms with Gasteiger partial charge in [0.2, 0.25) is 11.8 Å². The number of aromatic nitrogens is 4. The van der Waals surface area contributed by atoms with Crippen LogP contribution in [-0.2, 0) is 0 Å². The first-order chi connectivity index (χ1) is 12.2. The average molecular weight is 353 g/mol. The molecule has 0 atom stereocenters. The van der Waals surface area contributed by atoms with E-state index in [2.05, 4.69) is 15.1 Å². The molecule has 7 heteroatoms. The number of halogens is 1. The van der Waals surface area contributed by atoms with E-state index in [9.17, 15) is 0 Å². The van der Waals surface area contributed by atoms with E-state index in [-0.39, 0.29) is 0 Å². The smallest absolute Gasteiger partial charge is 0.237 e. The zero-order chi connectivity index (χ0) is 17.2. The number of methoxy groups -OCH3 is 1. The van der Waals surface area contributed by atoms with Crippen molar-refractivity contribution in [2.24, 2.45) is 0 Å². The number of ether oxygens (including phenoxy) is 2. The molecular formula is C18H13ClN4O2. The van der Waals surface area contributed by atoms with Gasteiger partial charge in [-0.15, -0.1) is 5.10 Å². The summed E-state index contributed by atoms with van der Waals surface area (Å²) in [5.74, 6) is 1.61. The van der Waals surface area contributed by atoms with Crippen molar-refractivity contribution in [2.75, 3.05) is 7.11 Å². The molecule has 1 aromatic carbocycles. The largest absolute Gasteiger partial charge is 0.481 e. The third-order valence-corrected chi connectivity index (χ3v) is 3.83. The van der Waals surface area contributed by atoms with Crippen LogP contribution in [0.25, 0.3) is 16.9 Å². The van der Waals surface area contributed by atoms with Crippen LogP contribution in [0.2, 0.25) is 5.02 Å². The first-order valence-corrected chi connectivity index (χ1v) is 7.89. The highest BCUT2D eigenvalue weighted by Crippen LogP contribution is 2.25. The summed E-state index contributed by atoms with van der Waals surface area (Å²) in [6, 6.07) is 14.5. The average Bonchev–Trinajstić information content (AvgIpc) is 3.05. The summed E-state index contributed by atoms with van der Waals surface area (Å²) in [4.78, 5) is 8.59. The van der Waals surface area contributed by atoms with Crippen LogP contribution in [0, 0.1) is 0 Å². The highest BCUT2D eigenvalue weighted by atomic mass is 35.5. The van der Waals surface area contributed by atoms with Gasteiger partial charge in [-0.2, -0.15) is 0 Å². The van der Waals surface area contributed by atoms with Gasteiger partial charge in [-0.25, -0.2) is 14.5 Å². The highest BCUT2D eigenvalue weighted by Gasteiger charge is 2.10. The Morgan fingerprint density at radius 1 is 0.960 bits per heavy atom. The lowest BCUT2D eigenvalue weighted by atomic mass is 10.2. The Labute approximate surface area is 148 Å². The minimum Gasteiger partial charge on any atom is -0.481 e. The van der Waals surface area contributed by atoms with E-state index in [1.54, 1.807) is 48.3 Å². The van der Waals surface area contributed by atoms with E-state index in [0.29, 0.717) is 28.2 Å². The second-order valence-corrected chi connectivity index (χ2v) is 5.67. The molecule has 0 aliphatic carbocycles. The van der Waals surface area contributed by atoms with Gasteiger partial charge in [-0.05, 0) is 30.3 Å². The number of rotatable bonds is 4. The lowest BCUT2D eigenvalue weighted by molar-refractivity contribution is 0.398. The molecule has 0 radical (unpaired) electrons. The summed E-state index contributed by atoms with van der Waals surface area (Å²) >= 11 is 5.99. The summed E-state index contributed by atoms with van der Waals surface area (Å²) in [6.07, 6.45) is 3.46. The zero-order valence-electron chi connectivity index (χ0n) is 13.3. The Hall–Kier alpha value is -3.12. The third kappa shape index (κ3) is 3.12. The predicted octanol–water partition coefficient (Wildman–Crippen LogP) is 4.25. The summed E-state index contributed by atoms with van der Waals surface area (Å²) in [6.45, 7) is 0. The molecule has 3 aromatic heterocycles. The maximum Gasteiger partial charge on any atom is 0.237 e. The molecule has 0 saturated carbocycles. The standard InChI is InChI=1S/C18H13ClN4O2/c1-24-17-7-5-12(10-21-17)15-11-20-16-6-8-18(22-23(15)16)25-14-4-2-3-13(19)9-14/h2-11H,1H3. The summed E-state index contributed by atoms with van der Waals surface area (Å²) in [7, 11) is 1.58. The molecule has 3 heterocycles. The normalized spacial score (nSPS) is 10.8. The number of imidazole rings is 1. The van der Waals surface area contributed by atoms with Crippen molar-refractivity contribution in [3.8, 4) is 28.8 Å². The van der Waals surface area contributed by atoms with Gasteiger partial charge in [0, 0.05) is 28.9 Å². The van der Waals surface area contributed by atoms with E-state index in [1.165, 1.54) is 0 Å². The zero-order valence-corrected chi connectivity index (χ0v) is 14.0. The fraction of sp³-hybridized carbons (Fsp3) is 0.0556. The third-order valence-electron chi connectivity index (χ3n) is 3.60. The summed E-state index contributed by atoms with van der Waals surface area (Å²) < 4.78 is 12.6. The molecule has 0 bridgehead atoms. The van der Waals surface area contributed by atoms with Crippen molar-refractivity contribution >= 4 is 17.2 Å². The predicted molar refractivity (Wildman–Crippen MR) is 94.3 cm³/mol. The van der Waals surface area contributed by atoms with Crippen LogP contribution in [0.5, 0.6) is 17.5 Å². The summed E-state index contributed by atoms with van der Waals surface area (Å²) in [5.41, 5.74) is 2.40. The van der Waals surface area contributed by atoms with Crippen LogP contribution in [0.4, 0.5) is 0 Å². The van der Waals surface area contributed by atoms with E-state index < -0.39 is 0 Å². The minimum atomic E-state index is 0.440. The SMILES string of the molecule is COc1ccc(-c2cnc3ccc(Oc4cccc(Cl)c4)nn23)cn1. The van der Waals surface area contributed by atoms with Crippen LogP contribution in [-0.4, -0.2) is 26.7 Å². The fourth-order valence-electron chi connectivity index (χ4n) is 2.41. The van der Waals surface area contributed by atoms with Crippen molar-refractivity contribution < 1.29 is 9.47 Å². The van der Waals surface area contributed by atoms with Gasteiger partial charge in [0.1, 0.15) is 5.75 Å². The molecule has 4 aromatic rings. The second-order valence-electron chi connectivity index (χ2n) is 5.23. The van der Waals surface area contributed by atoms with Gasteiger partial charge >= 0.3 is 0 Å². The number of fused-ring (bicyclic) bond motifs is 1. The van der Waals surface area contributed by atoms with Crippen LogP contribution in [0.15, 0.2) is 60.9 Å². The highest BCUT2D eigenvalue weighted by molar-refractivity contribution is 6.30. The van der Waals surface area contributed by atoms with Crippen LogP contribution in [0.3, 0.4) is 0 Å².